The normalized spacial score (nSPS) is 18.6. The van der Waals surface area contributed by atoms with Crippen molar-refractivity contribution in [3.8, 4) is 0 Å². The maximum atomic E-state index is 11.1. The van der Waals surface area contributed by atoms with Gasteiger partial charge in [0, 0.05) is 38.5 Å². The average Bonchev–Trinajstić information content (AvgIpc) is 2.76. The number of nitrogens with one attached hydrogen (secondary N) is 1. The number of aryl methyl sites for hydroxylation is 1. The van der Waals surface area contributed by atoms with Crippen molar-refractivity contribution < 1.29 is 4.79 Å². The second kappa shape index (κ2) is 5.86. The molecule has 1 unspecified atom stereocenters. The van der Waals surface area contributed by atoms with Gasteiger partial charge >= 0.3 is 0 Å². The average molecular weight is 263 g/mol. The minimum absolute atomic E-state index is 0.0146. The highest BCUT2D eigenvalue weighted by Crippen LogP contribution is 2.20. The van der Waals surface area contributed by atoms with Crippen LogP contribution in [-0.2, 0) is 11.2 Å². The highest BCUT2D eigenvalue weighted by atomic mass is 16.1. The van der Waals surface area contributed by atoms with Crippen LogP contribution in [0.2, 0.25) is 0 Å². The number of anilines is 2. The molecule has 6 nitrogen and oxygen atoms in total. The van der Waals surface area contributed by atoms with Crippen molar-refractivity contribution in [2.45, 2.75) is 39.2 Å². The molecule has 6 heteroatoms. The van der Waals surface area contributed by atoms with Crippen molar-refractivity contribution in [1.82, 2.24) is 15.3 Å². The molecule has 0 aliphatic carbocycles. The molecule has 2 heterocycles. The number of nitrogens with zero attached hydrogens (tertiary/aromatic N) is 3. The number of rotatable bonds is 4. The van der Waals surface area contributed by atoms with E-state index in [-0.39, 0.29) is 11.9 Å². The van der Waals surface area contributed by atoms with Crippen molar-refractivity contribution >= 4 is 17.5 Å². The Morgan fingerprint density at radius 3 is 3.05 bits per heavy atom. The predicted octanol–water partition coefficient (Wildman–Crippen LogP) is 0.726. The van der Waals surface area contributed by atoms with Gasteiger partial charge in [-0.2, -0.15) is 0 Å². The van der Waals surface area contributed by atoms with Crippen LogP contribution < -0.4 is 16.0 Å². The summed E-state index contributed by atoms with van der Waals surface area (Å²) < 4.78 is 0. The maximum absolute atomic E-state index is 11.1. The summed E-state index contributed by atoms with van der Waals surface area (Å²) in [7, 11) is 0. The Labute approximate surface area is 113 Å². The zero-order valence-electron chi connectivity index (χ0n) is 11.5. The molecule has 0 radical (unpaired) electrons. The van der Waals surface area contributed by atoms with Crippen LogP contribution >= 0.6 is 0 Å². The quantitative estimate of drug-likeness (QED) is 0.836. The molecule has 1 atom stereocenters. The van der Waals surface area contributed by atoms with Gasteiger partial charge in [-0.15, -0.1) is 0 Å². The molecule has 1 aliphatic rings. The van der Waals surface area contributed by atoms with E-state index in [0.29, 0.717) is 5.82 Å². The van der Waals surface area contributed by atoms with Gasteiger partial charge in [0.1, 0.15) is 17.5 Å². The van der Waals surface area contributed by atoms with Crippen LogP contribution in [0.3, 0.4) is 0 Å². The molecule has 0 aromatic carbocycles. The molecule has 0 bridgehead atoms. The lowest BCUT2D eigenvalue weighted by Crippen LogP contribution is -2.35. The summed E-state index contributed by atoms with van der Waals surface area (Å²) in [6.45, 7) is 5.30. The van der Waals surface area contributed by atoms with Crippen LogP contribution in [0.25, 0.3) is 0 Å². The van der Waals surface area contributed by atoms with Crippen LogP contribution in [0, 0.1) is 0 Å². The minimum atomic E-state index is 0.0146. The molecule has 1 aromatic rings. The van der Waals surface area contributed by atoms with Crippen LogP contribution in [0.15, 0.2) is 6.07 Å². The molecular formula is C13H21N5O. The van der Waals surface area contributed by atoms with E-state index in [1.54, 1.807) is 13.0 Å². The summed E-state index contributed by atoms with van der Waals surface area (Å²) in [6.07, 6.45) is 2.77. The number of nitrogen functional groups attached to an aromatic ring is 1. The Bertz CT molecular complexity index is 462. The second-order valence-corrected chi connectivity index (χ2v) is 4.95. The lowest BCUT2D eigenvalue weighted by atomic mass is 10.2. The number of hydrogen-bond donors (Lipinski definition) is 2. The first-order valence-corrected chi connectivity index (χ1v) is 6.74. The Balaban J connectivity index is 2.08. The molecule has 0 spiro atoms. The van der Waals surface area contributed by atoms with Crippen LogP contribution in [-0.4, -0.2) is 35.0 Å². The van der Waals surface area contributed by atoms with Crippen molar-refractivity contribution in [2.24, 2.45) is 0 Å². The number of carbonyl (C=O) groups excluding carboxylic acids is 1. The molecule has 3 N–H and O–H groups in total. The van der Waals surface area contributed by atoms with Gasteiger partial charge in [0.2, 0.25) is 5.91 Å². The zero-order chi connectivity index (χ0) is 13.8. The third kappa shape index (κ3) is 3.56. The summed E-state index contributed by atoms with van der Waals surface area (Å²) in [5.74, 6) is 2.18. The fraction of sp³-hybridized carbons (Fsp3) is 0.615. The summed E-state index contributed by atoms with van der Waals surface area (Å²) in [5, 5.41) is 2.94. The van der Waals surface area contributed by atoms with Gasteiger partial charge in [0.25, 0.3) is 0 Å². The van der Waals surface area contributed by atoms with Crippen molar-refractivity contribution in [3.63, 3.8) is 0 Å². The summed E-state index contributed by atoms with van der Waals surface area (Å²) in [6, 6.07) is 2.00. The number of amides is 1. The Kier molecular flexibility index (Phi) is 4.19. The third-order valence-electron chi connectivity index (χ3n) is 3.17. The Morgan fingerprint density at radius 2 is 2.37 bits per heavy atom. The fourth-order valence-electron chi connectivity index (χ4n) is 2.37. The van der Waals surface area contributed by atoms with Gasteiger partial charge in [0.15, 0.2) is 0 Å². The molecule has 1 saturated heterocycles. The number of hydrogen-bond acceptors (Lipinski definition) is 5. The highest BCUT2D eigenvalue weighted by Gasteiger charge is 2.24. The first-order chi connectivity index (χ1) is 9.08. The predicted molar refractivity (Wildman–Crippen MR) is 74.9 cm³/mol. The first kappa shape index (κ1) is 13.6. The van der Waals surface area contributed by atoms with E-state index in [4.69, 9.17) is 5.73 Å². The molecule has 19 heavy (non-hydrogen) atoms. The van der Waals surface area contributed by atoms with Gasteiger partial charge in [0.05, 0.1) is 0 Å². The monoisotopic (exact) mass is 263 g/mol. The molecule has 1 amide bonds. The largest absolute Gasteiger partial charge is 0.384 e. The lowest BCUT2D eigenvalue weighted by molar-refractivity contribution is -0.119. The van der Waals surface area contributed by atoms with Gasteiger partial charge in [-0.1, -0.05) is 6.92 Å². The number of nitrogens with two attached hydrogens (primary N) is 1. The Hall–Kier alpha value is -1.85. The topological polar surface area (TPSA) is 84.1 Å². The minimum Gasteiger partial charge on any atom is -0.384 e. The van der Waals surface area contributed by atoms with E-state index in [2.05, 4.69) is 27.1 Å². The van der Waals surface area contributed by atoms with Gasteiger partial charge in [-0.05, 0) is 12.8 Å². The van der Waals surface area contributed by atoms with Gasteiger partial charge in [-0.3, -0.25) is 4.79 Å². The van der Waals surface area contributed by atoms with Crippen LogP contribution in [0.1, 0.15) is 32.5 Å². The molecular weight excluding hydrogens is 242 g/mol. The first-order valence-electron chi connectivity index (χ1n) is 6.74. The van der Waals surface area contributed by atoms with Crippen molar-refractivity contribution in [3.05, 3.63) is 11.9 Å². The van der Waals surface area contributed by atoms with Gasteiger partial charge in [-0.25, -0.2) is 9.97 Å². The standard InChI is InChI=1S/C13H21N5O/c1-3-4-12-16-11(14)7-13(17-12)18-6-5-10(8-18)15-9(2)19/h7,10H,3-6,8H2,1-2H3,(H,15,19)(H2,14,16,17). The maximum Gasteiger partial charge on any atom is 0.217 e. The van der Waals surface area contributed by atoms with Crippen LogP contribution in [0.4, 0.5) is 11.6 Å². The van der Waals surface area contributed by atoms with Crippen LogP contribution in [0.5, 0.6) is 0 Å². The molecule has 104 valence electrons. The fourth-order valence-corrected chi connectivity index (χ4v) is 2.37. The van der Waals surface area contributed by atoms with Crippen molar-refractivity contribution in [2.75, 3.05) is 23.7 Å². The number of aromatic nitrogens is 2. The smallest absolute Gasteiger partial charge is 0.217 e. The summed E-state index contributed by atoms with van der Waals surface area (Å²) in [5.41, 5.74) is 5.83. The van der Waals surface area contributed by atoms with E-state index in [1.807, 2.05) is 0 Å². The summed E-state index contributed by atoms with van der Waals surface area (Å²) in [4.78, 5) is 22.0. The lowest BCUT2D eigenvalue weighted by Gasteiger charge is -2.18. The van der Waals surface area contributed by atoms with E-state index in [9.17, 15) is 4.79 Å². The van der Waals surface area contributed by atoms with E-state index in [1.165, 1.54) is 0 Å². The zero-order valence-corrected chi connectivity index (χ0v) is 11.5. The third-order valence-corrected chi connectivity index (χ3v) is 3.17. The molecule has 1 fully saturated rings. The molecule has 2 rings (SSSR count). The van der Waals surface area contributed by atoms with E-state index >= 15 is 0 Å². The molecule has 1 aromatic heterocycles. The van der Waals surface area contributed by atoms with Crippen molar-refractivity contribution in [1.29, 1.82) is 0 Å². The highest BCUT2D eigenvalue weighted by molar-refractivity contribution is 5.73. The van der Waals surface area contributed by atoms with E-state index < -0.39 is 0 Å². The van der Waals surface area contributed by atoms with E-state index in [0.717, 1.165) is 44.0 Å². The van der Waals surface area contributed by atoms with Gasteiger partial charge < -0.3 is 16.0 Å². The number of carbonyl (C=O) groups is 1. The Morgan fingerprint density at radius 1 is 1.58 bits per heavy atom. The molecule has 0 saturated carbocycles. The molecule has 1 aliphatic heterocycles. The SMILES string of the molecule is CCCc1nc(N)cc(N2CCC(NC(C)=O)C2)n1. The summed E-state index contributed by atoms with van der Waals surface area (Å²) >= 11 is 0. The second-order valence-electron chi connectivity index (χ2n) is 4.95.